The molecule has 0 saturated heterocycles. The highest BCUT2D eigenvalue weighted by molar-refractivity contribution is 5.96. The van der Waals surface area contributed by atoms with Gasteiger partial charge in [0.25, 0.3) is 5.91 Å². The average Bonchev–Trinajstić information content (AvgIpc) is 2.50. The van der Waals surface area contributed by atoms with Crippen LogP contribution in [0.1, 0.15) is 36.2 Å². The zero-order valence-corrected chi connectivity index (χ0v) is 12.5. The lowest BCUT2D eigenvalue weighted by Crippen LogP contribution is -2.45. The Labute approximate surface area is 126 Å². The van der Waals surface area contributed by atoms with Crippen LogP contribution in [0.5, 0.6) is 0 Å². The van der Waals surface area contributed by atoms with Crippen LogP contribution in [-0.2, 0) is 15.7 Å². The van der Waals surface area contributed by atoms with E-state index in [-0.39, 0.29) is 11.5 Å². The Morgan fingerprint density at radius 2 is 1.77 bits per heavy atom. The third-order valence-corrected chi connectivity index (χ3v) is 3.43. The summed E-state index contributed by atoms with van der Waals surface area (Å²) in [7, 11) is 1.21. The van der Waals surface area contributed by atoms with Gasteiger partial charge >= 0.3 is 12.1 Å². The number of amides is 1. The fourth-order valence-corrected chi connectivity index (χ4v) is 1.83. The largest absolute Gasteiger partial charge is 0.467 e. The molecule has 1 aromatic rings. The van der Waals surface area contributed by atoms with E-state index < -0.39 is 29.7 Å². The molecule has 4 nitrogen and oxygen atoms in total. The second-order valence-electron chi connectivity index (χ2n) is 4.93. The molecule has 0 aliphatic rings. The summed E-state index contributed by atoms with van der Waals surface area (Å²) in [6, 6.07) is 2.95. The van der Waals surface area contributed by atoms with Gasteiger partial charge in [-0.2, -0.15) is 13.2 Å². The summed E-state index contributed by atoms with van der Waals surface area (Å²) in [6.45, 7) is 3.62. The monoisotopic (exact) mass is 317 g/mol. The molecule has 0 spiro atoms. The third-order valence-electron chi connectivity index (χ3n) is 3.43. The summed E-state index contributed by atoms with van der Waals surface area (Å²) >= 11 is 0. The van der Waals surface area contributed by atoms with E-state index in [2.05, 4.69) is 10.1 Å². The molecule has 0 aliphatic carbocycles. The van der Waals surface area contributed by atoms with Crippen molar-refractivity contribution < 1.29 is 27.5 Å². The van der Waals surface area contributed by atoms with Gasteiger partial charge in [0, 0.05) is 5.56 Å². The predicted molar refractivity (Wildman–Crippen MR) is 74.2 cm³/mol. The van der Waals surface area contributed by atoms with Gasteiger partial charge in [-0.1, -0.05) is 20.3 Å². The van der Waals surface area contributed by atoms with Gasteiger partial charge in [-0.15, -0.1) is 0 Å². The molecular formula is C15H18F3NO3. The number of esters is 1. The first-order valence-corrected chi connectivity index (χ1v) is 6.76. The number of benzene rings is 1. The van der Waals surface area contributed by atoms with Gasteiger partial charge in [-0.3, -0.25) is 4.79 Å². The number of methoxy groups -OCH3 is 1. The highest BCUT2D eigenvalue weighted by atomic mass is 19.4. The number of rotatable bonds is 5. The molecule has 122 valence electrons. The zero-order chi connectivity index (χ0) is 16.9. The van der Waals surface area contributed by atoms with Crippen LogP contribution >= 0.6 is 0 Å². The highest BCUT2D eigenvalue weighted by Gasteiger charge is 2.31. The fourth-order valence-electron chi connectivity index (χ4n) is 1.83. The number of nitrogens with one attached hydrogen (secondary N) is 1. The molecular weight excluding hydrogens is 299 g/mol. The molecule has 0 unspecified atom stereocenters. The predicted octanol–water partition coefficient (Wildman–Crippen LogP) is 3.02. The van der Waals surface area contributed by atoms with Crippen molar-refractivity contribution in [1.82, 2.24) is 5.32 Å². The van der Waals surface area contributed by atoms with E-state index in [0.717, 1.165) is 24.3 Å². The van der Waals surface area contributed by atoms with E-state index in [1.807, 2.05) is 6.92 Å². The Balaban J connectivity index is 2.88. The lowest BCUT2D eigenvalue weighted by atomic mass is 9.98. The molecule has 0 fully saturated rings. The lowest BCUT2D eigenvalue weighted by molar-refractivity contribution is -0.144. The average molecular weight is 317 g/mol. The molecule has 1 aromatic carbocycles. The SMILES string of the molecule is CC[C@H](C)[C@@H](NC(=O)c1ccc(C(F)(F)F)cc1)C(=O)OC. The van der Waals surface area contributed by atoms with Crippen LogP contribution in [0.4, 0.5) is 13.2 Å². The summed E-state index contributed by atoms with van der Waals surface area (Å²) in [4.78, 5) is 23.7. The van der Waals surface area contributed by atoms with Crippen molar-refractivity contribution in [3.63, 3.8) is 0 Å². The second kappa shape index (κ2) is 7.29. The van der Waals surface area contributed by atoms with Crippen LogP contribution in [0.15, 0.2) is 24.3 Å². The van der Waals surface area contributed by atoms with Gasteiger partial charge in [0.2, 0.25) is 0 Å². The summed E-state index contributed by atoms with van der Waals surface area (Å²) in [5.74, 6) is -1.37. The first-order valence-electron chi connectivity index (χ1n) is 6.76. The van der Waals surface area contributed by atoms with E-state index in [9.17, 15) is 22.8 Å². The Kier molecular flexibility index (Phi) is 5.96. The van der Waals surface area contributed by atoms with Crippen molar-refractivity contribution >= 4 is 11.9 Å². The summed E-state index contributed by atoms with van der Waals surface area (Å²) in [6.07, 6.45) is -3.83. The number of carbonyl (C=O) groups excluding carboxylic acids is 2. The van der Waals surface area contributed by atoms with Crippen LogP contribution in [0, 0.1) is 5.92 Å². The van der Waals surface area contributed by atoms with Crippen LogP contribution in [0.25, 0.3) is 0 Å². The molecule has 7 heteroatoms. The summed E-state index contributed by atoms with van der Waals surface area (Å²) in [5.41, 5.74) is -0.791. The minimum absolute atomic E-state index is 0.0465. The van der Waals surface area contributed by atoms with E-state index in [1.54, 1.807) is 6.92 Å². The maximum absolute atomic E-state index is 12.5. The number of carbonyl (C=O) groups is 2. The highest BCUT2D eigenvalue weighted by Crippen LogP contribution is 2.29. The minimum atomic E-state index is -4.46. The lowest BCUT2D eigenvalue weighted by Gasteiger charge is -2.21. The molecule has 0 aliphatic heterocycles. The molecule has 1 amide bonds. The van der Waals surface area contributed by atoms with Gasteiger partial charge in [0.05, 0.1) is 12.7 Å². The molecule has 0 radical (unpaired) electrons. The number of hydrogen-bond donors (Lipinski definition) is 1. The van der Waals surface area contributed by atoms with E-state index in [0.29, 0.717) is 6.42 Å². The minimum Gasteiger partial charge on any atom is -0.467 e. The van der Waals surface area contributed by atoms with E-state index in [4.69, 9.17) is 0 Å². The topological polar surface area (TPSA) is 55.4 Å². The molecule has 1 rings (SSSR count). The van der Waals surface area contributed by atoms with Crippen LogP contribution in [0.2, 0.25) is 0 Å². The summed E-state index contributed by atoms with van der Waals surface area (Å²) < 4.78 is 42.1. The van der Waals surface area contributed by atoms with E-state index in [1.165, 1.54) is 7.11 Å². The van der Waals surface area contributed by atoms with Gasteiger partial charge < -0.3 is 10.1 Å². The molecule has 2 atom stereocenters. The van der Waals surface area contributed by atoms with Gasteiger partial charge in [0.15, 0.2) is 0 Å². The van der Waals surface area contributed by atoms with Crippen molar-refractivity contribution in [3.05, 3.63) is 35.4 Å². The Morgan fingerprint density at radius 3 is 2.18 bits per heavy atom. The molecule has 0 heterocycles. The van der Waals surface area contributed by atoms with Crippen molar-refractivity contribution in [2.24, 2.45) is 5.92 Å². The smallest absolute Gasteiger partial charge is 0.416 e. The normalized spacial score (nSPS) is 14.1. The first-order chi connectivity index (χ1) is 10.2. The van der Waals surface area contributed by atoms with Crippen molar-refractivity contribution in [1.29, 1.82) is 0 Å². The number of alkyl halides is 3. The van der Waals surface area contributed by atoms with Crippen molar-refractivity contribution in [3.8, 4) is 0 Å². The van der Waals surface area contributed by atoms with Gasteiger partial charge in [0.1, 0.15) is 6.04 Å². The maximum atomic E-state index is 12.5. The maximum Gasteiger partial charge on any atom is 0.416 e. The zero-order valence-electron chi connectivity index (χ0n) is 12.5. The fraction of sp³-hybridized carbons (Fsp3) is 0.467. The van der Waals surface area contributed by atoms with Crippen LogP contribution in [0.3, 0.4) is 0 Å². The second-order valence-corrected chi connectivity index (χ2v) is 4.93. The first kappa shape index (κ1) is 18.0. The van der Waals surface area contributed by atoms with E-state index >= 15 is 0 Å². The number of hydrogen-bond acceptors (Lipinski definition) is 3. The molecule has 0 saturated carbocycles. The van der Waals surface area contributed by atoms with Crippen LogP contribution < -0.4 is 5.32 Å². The molecule has 22 heavy (non-hydrogen) atoms. The Hall–Kier alpha value is -2.05. The van der Waals surface area contributed by atoms with Crippen molar-refractivity contribution in [2.45, 2.75) is 32.5 Å². The third kappa shape index (κ3) is 4.47. The quantitative estimate of drug-likeness (QED) is 0.849. The van der Waals surface area contributed by atoms with Crippen molar-refractivity contribution in [2.75, 3.05) is 7.11 Å². The standard InChI is InChI=1S/C15H18F3NO3/c1-4-9(2)12(14(21)22-3)19-13(20)10-5-7-11(8-6-10)15(16,17)18/h5-9,12H,4H2,1-3H3,(H,19,20)/t9-,12+/m0/s1. The number of halogens is 3. The van der Waals surface area contributed by atoms with Gasteiger partial charge in [-0.05, 0) is 30.2 Å². The molecule has 0 aromatic heterocycles. The Bertz CT molecular complexity index is 526. The summed E-state index contributed by atoms with van der Waals surface area (Å²) in [5, 5.41) is 2.50. The van der Waals surface area contributed by atoms with Crippen LogP contribution in [-0.4, -0.2) is 25.0 Å². The molecule has 1 N–H and O–H groups in total. The Morgan fingerprint density at radius 1 is 1.23 bits per heavy atom. The number of ether oxygens (including phenoxy) is 1. The molecule has 0 bridgehead atoms. The van der Waals surface area contributed by atoms with Gasteiger partial charge in [-0.25, -0.2) is 4.79 Å².